The van der Waals surface area contributed by atoms with E-state index in [0.717, 1.165) is 51.2 Å². The van der Waals surface area contributed by atoms with Crippen molar-refractivity contribution in [3.8, 4) is 0 Å². The number of rotatable bonds is 6. The molecule has 0 bridgehead atoms. The van der Waals surface area contributed by atoms with Crippen LogP contribution < -0.4 is 10.6 Å². The third-order valence-electron chi connectivity index (χ3n) is 5.77. The molecule has 154 valence electrons. The highest BCUT2D eigenvalue weighted by molar-refractivity contribution is 5.98. The zero-order chi connectivity index (χ0) is 18.6. The van der Waals surface area contributed by atoms with Crippen LogP contribution in [0, 0.1) is 5.92 Å². The number of nitrogens with one attached hydrogen (secondary N) is 2. The molecule has 0 aromatic heterocycles. The van der Waals surface area contributed by atoms with E-state index in [4.69, 9.17) is 4.74 Å². The molecule has 28 heavy (non-hydrogen) atoms. The quantitative estimate of drug-likeness (QED) is 0.760. The van der Waals surface area contributed by atoms with Gasteiger partial charge in [0, 0.05) is 37.0 Å². The molecule has 7 heteroatoms. The minimum absolute atomic E-state index is 0. The van der Waals surface area contributed by atoms with Gasteiger partial charge in [-0.05, 0) is 69.2 Å². The molecule has 1 aromatic carbocycles. The van der Waals surface area contributed by atoms with E-state index >= 15 is 0 Å². The average molecular weight is 408 g/mol. The molecule has 1 aliphatic carbocycles. The molecular weight excluding hydrogens is 378 g/mol. The molecule has 2 aliphatic heterocycles. The van der Waals surface area contributed by atoms with Gasteiger partial charge in [-0.25, -0.2) is 0 Å². The lowest BCUT2D eigenvalue weighted by Gasteiger charge is -2.32. The number of nitrogens with zero attached hydrogens (tertiary/aromatic N) is 1. The maximum Gasteiger partial charge on any atom is 0.253 e. The Morgan fingerprint density at radius 3 is 2.57 bits per heavy atom. The Labute approximate surface area is 172 Å². The van der Waals surface area contributed by atoms with Gasteiger partial charge in [0.15, 0.2) is 0 Å². The molecule has 6 nitrogen and oxygen atoms in total. The van der Waals surface area contributed by atoms with E-state index in [9.17, 15) is 9.59 Å². The summed E-state index contributed by atoms with van der Waals surface area (Å²) in [5, 5.41) is 6.52. The number of hydrogen-bond acceptors (Lipinski definition) is 4. The van der Waals surface area contributed by atoms with Crippen LogP contribution in [0.1, 0.15) is 48.9 Å². The number of carbonyl (C=O) groups excluding carboxylic acids is 2. The van der Waals surface area contributed by atoms with Crippen molar-refractivity contribution in [2.45, 2.75) is 50.7 Å². The number of amides is 2. The molecule has 1 unspecified atom stereocenters. The topological polar surface area (TPSA) is 70.7 Å². The van der Waals surface area contributed by atoms with E-state index in [1.165, 1.54) is 12.8 Å². The standard InChI is InChI=1S/C21H29N3O3.ClH/c25-20(19-5-2-12-27-19)23-18-4-1-3-16(13-18)21(26)24-10-8-17(9-11-24)22-14-15-6-7-15;/h1,3-4,13,15,17,19,22H,2,5-12,14H2,(H,23,25);1H. The van der Waals surface area contributed by atoms with Crippen molar-refractivity contribution >= 4 is 29.9 Å². The van der Waals surface area contributed by atoms with E-state index in [0.29, 0.717) is 23.9 Å². The van der Waals surface area contributed by atoms with Crippen molar-refractivity contribution in [1.82, 2.24) is 10.2 Å². The van der Waals surface area contributed by atoms with Crippen LogP contribution in [0.3, 0.4) is 0 Å². The fraction of sp³-hybridized carbons (Fsp3) is 0.619. The van der Waals surface area contributed by atoms with Crippen LogP contribution in [0.2, 0.25) is 0 Å². The van der Waals surface area contributed by atoms with E-state index in [-0.39, 0.29) is 30.3 Å². The largest absolute Gasteiger partial charge is 0.368 e. The molecule has 3 fully saturated rings. The third kappa shape index (κ3) is 5.46. The molecule has 2 N–H and O–H groups in total. The van der Waals surface area contributed by atoms with Gasteiger partial charge in [-0.3, -0.25) is 9.59 Å². The number of likely N-dealkylation sites (tertiary alicyclic amines) is 1. The van der Waals surface area contributed by atoms with Crippen molar-refractivity contribution in [2.24, 2.45) is 5.92 Å². The number of ether oxygens (including phenoxy) is 1. The summed E-state index contributed by atoms with van der Waals surface area (Å²) < 4.78 is 5.42. The summed E-state index contributed by atoms with van der Waals surface area (Å²) in [6, 6.07) is 7.76. The van der Waals surface area contributed by atoms with Gasteiger partial charge in [0.2, 0.25) is 0 Å². The molecule has 1 saturated carbocycles. The van der Waals surface area contributed by atoms with Crippen molar-refractivity contribution in [3.63, 3.8) is 0 Å². The second-order valence-corrected chi connectivity index (χ2v) is 7.99. The predicted molar refractivity (Wildman–Crippen MR) is 111 cm³/mol. The van der Waals surface area contributed by atoms with Gasteiger partial charge in [-0.1, -0.05) is 6.07 Å². The summed E-state index contributed by atoms with van der Waals surface area (Å²) in [4.78, 5) is 27.0. The van der Waals surface area contributed by atoms with Gasteiger partial charge in [0.05, 0.1) is 0 Å². The highest BCUT2D eigenvalue weighted by Crippen LogP contribution is 2.28. The fourth-order valence-electron chi connectivity index (χ4n) is 3.86. The number of benzene rings is 1. The van der Waals surface area contributed by atoms with E-state index in [2.05, 4.69) is 10.6 Å². The number of anilines is 1. The molecule has 2 amide bonds. The van der Waals surface area contributed by atoms with E-state index in [1.807, 2.05) is 23.1 Å². The van der Waals surface area contributed by atoms with Crippen molar-refractivity contribution in [3.05, 3.63) is 29.8 Å². The third-order valence-corrected chi connectivity index (χ3v) is 5.77. The number of piperidine rings is 1. The Morgan fingerprint density at radius 1 is 1.11 bits per heavy atom. The molecule has 0 radical (unpaired) electrons. The normalized spacial score (nSPS) is 22.6. The maximum absolute atomic E-state index is 12.8. The summed E-state index contributed by atoms with van der Waals surface area (Å²) in [7, 11) is 0. The Hall–Kier alpha value is -1.63. The lowest BCUT2D eigenvalue weighted by Crippen LogP contribution is -2.45. The molecule has 2 saturated heterocycles. The lowest BCUT2D eigenvalue weighted by molar-refractivity contribution is -0.124. The first kappa shape index (κ1) is 21.1. The fourth-order valence-corrected chi connectivity index (χ4v) is 3.86. The minimum atomic E-state index is -0.369. The van der Waals surface area contributed by atoms with Crippen LogP contribution in [0.4, 0.5) is 5.69 Å². The Balaban J connectivity index is 0.00000225. The van der Waals surface area contributed by atoms with Gasteiger partial charge >= 0.3 is 0 Å². The summed E-state index contributed by atoms with van der Waals surface area (Å²) in [5.74, 6) is 0.806. The SMILES string of the molecule is Cl.O=C(Nc1cccc(C(=O)N2CCC(NCC3CC3)CC2)c1)C1CCCO1. The molecule has 4 rings (SSSR count). The first-order valence-corrected chi connectivity index (χ1v) is 10.2. The molecular formula is C21H30ClN3O3. The second-order valence-electron chi connectivity index (χ2n) is 7.99. The summed E-state index contributed by atoms with van der Waals surface area (Å²) in [6.07, 6.45) is 6.05. The molecule has 0 spiro atoms. The summed E-state index contributed by atoms with van der Waals surface area (Å²) >= 11 is 0. The Kier molecular flexibility index (Phi) is 7.32. The monoisotopic (exact) mass is 407 g/mol. The number of halogens is 1. The first-order chi connectivity index (χ1) is 13.2. The maximum atomic E-state index is 12.8. The molecule has 1 aromatic rings. The van der Waals surface area contributed by atoms with E-state index in [1.54, 1.807) is 6.07 Å². The zero-order valence-corrected chi connectivity index (χ0v) is 17.0. The first-order valence-electron chi connectivity index (χ1n) is 10.2. The molecule has 1 atom stereocenters. The number of hydrogen-bond donors (Lipinski definition) is 2. The van der Waals surface area contributed by atoms with E-state index < -0.39 is 0 Å². The predicted octanol–water partition coefficient (Wildman–Crippen LogP) is 2.83. The number of carbonyl (C=O) groups is 2. The second kappa shape index (κ2) is 9.72. The molecule has 2 heterocycles. The van der Waals surface area contributed by atoms with Crippen LogP contribution in [-0.4, -0.2) is 55.1 Å². The van der Waals surface area contributed by atoms with Crippen molar-refractivity contribution in [2.75, 3.05) is 31.6 Å². The van der Waals surface area contributed by atoms with Gasteiger partial charge in [0.1, 0.15) is 6.10 Å². The van der Waals surface area contributed by atoms with Crippen LogP contribution in [0.5, 0.6) is 0 Å². The van der Waals surface area contributed by atoms with Crippen LogP contribution >= 0.6 is 12.4 Å². The Morgan fingerprint density at radius 2 is 1.89 bits per heavy atom. The van der Waals surface area contributed by atoms with Crippen LogP contribution in [0.15, 0.2) is 24.3 Å². The van der Waals surface area contributed by atoms with Crippen LogP contribution in [-0.2, 0) is 9.53 Å². The minimum Gasteiger partial charge on any atom is -0.368 e. The summed E-state index contributed by atoms with van der Waals surface area (Å²) in [6.45, 7) is 3.34. The van der Waals surface area contributed by atoms with Gasteiger partial charge in [0.25, 0.3) is 11.8 Å². The van der Waals surface area contributed by atoms with Gasteiger partial charge in [-0.2, -0.15) is 0 Å². The molecule has 3 aliphatic rings. The smallest absolute Gasteiger partial charge is 0.253 e. The highest BCUT2D eigenvalue weighted by atomic mass is 35.5. The van der Waals surface area contributed by atoms with Crippen molar-refractivity contribution < 1.29 is 14.3 Å². The highest BCUT2D eigenvalue weighted by Gasteiger charge is 2.27. The zero-order valence-electron chi connectivity index (χ0n) is 16.2. The van der Waals surface area contributed by atoms with Gasteiger partial charge < -0.3 is 20.3 Å². The Bertz CT molecular complexity index is 681. The average Bonchev–Trinajstić information content (AvgIpc) is 3.36. The van der Waals surface area contributed by atoms with Crippen LogP contribution in [0.25, 0.3) is 0 Å². The lowest BCUT2D eigenvalue weighted by atomic mass is 10.0. The summed E-state index contributed by atoms with van der Waals surface area (Å²) in [5.41, 5.74) is 1.28. The van der Waals surface area contributed by atoms with Crippen molar-refractivity contribution in [1.29, 1.82) is 0 Å². The van der Waals surface area contributed by atoms with Gasteiger partial charge in [-0.15, -0.1) is 12.4 Å².